The van der Waals surface area contributed by atoms with Crippen LogP contribution in [0.15, 0.2) is 30.3 Å². The SMILES string of the molecule is CCN1CCN(c2ccc(F)cc2C(C)NC(=O)c2ccc(C(=O)OC)s2)CC1. The minimum Gasteiger partial charge on any atom is -0.465 e. The summed E-state index contributed by atoms with van der Waals surface area (Å²) in [5.74, 6) is -1.11. The van der Waals surface area contributed by atoms with Gasteiger partial charge in [0, 0.05) is 37.4 Å². The van der Waals surface area contributed by atoms with Gasteiger partial charge in [-0.2, -0.15) is 0 Å². The van der Waals surface area contributed by atoms with Crippen molar-refractivity contribution in [3.8, 4) is 0 Å². The van der Waals surface area contributed by atoms with Crippen LogP contribution in [0.5, 0.6) is 0 Å². The number of amides is 1. The molecule has 3 rings (SSSR count). The molecule has 1 aromatic carbocycles. The number of ether oxygens (including phenoxy) is 1. The number of methoxy groups -OCH3 is 1. The van der Waals surface area contributed by atoms with Gasteiger partial charge in [0.05, 0.1) is 18.0 Å². The van der Waals surface area contributed by atoms with Gasteiger partial charge in [0.1, 0.15) is 10.7 Å². The Morgan fingerprint density at radius 2 is 1.86 bits per heavy atom. The highest BCUT2D eigenvalue weighted by molar-refractivity contribution is 7.15. The molecule has 1 atom stereocenters. The molecule has 0 aliphatic carbocycles. The third-order valence-corrected chi connectivity index (χ3v) is 6.24. The second kappa shape index (κ2) is 9.37. The van der Waals surface area contributed by atoms with Crippen molar-refractivity contribution in [3.63, 3.8) is 0 Å². The lowest BCUT2D eigenvalue weighted by molar-refractivity contribution is 0.0606. The number of hydrogen-bond acceptors (Lipinski definition) is 6. The Bertz CT molecular complexity index is 878. The zero-order valence-electron chi connectivity index (χ0n) is 16.9. The summed E-state index contributed by atoms with van der Waals surface area (Å²) in [6.07, 6.45) is 0. The molecule has 0 spiro atoms. The first-order valence-electron chi connectivity index (χ1n) is 9.68. The maximum Gasteiger partial charge on any atom is 0.348 e. The first-order chi connectivity index (χ1) is 13.9. The highest BCUT2D eigenvalue weighted by Crippen LogP contribution is 2.29. The second-order valence-electron chi connectivity index (χ2n) is 6.98. The molecule has 0 radical (unpaired) electrons. The van der Waals surface area contributed by atoms with E-state index in [1.54, 1.807) is 18.2 Å². The first kappa shape index (κ1) is 21.3. The lowest BCUT2D eigenvalue weighted by atomic mass is 10.0. The number of halogens is 1. The molecule has 1 amide bonds. The molecule has 1 fully saturated rings. The van der Waals surface area contributed by atoms with Crippen LogP contribution >= 0.6 is 11.3 Å². The number of nitrogens with one attached hydrogen (secondary N) is 1. The number of piperazine rings is 1. The Morgan fingerprint density at radius 1 is 1.17 bits per heavy atom. The molecule has 2 heterocycles. The highest BCUT2D eigenvalue weighted by atomic mass is 32.1. The maximum absolute atomic E-state index is 14.0. The smallest absolute Gasteiger partial charge is 0.348 e. The van der Waals surface area contributed by atoms with Crippen LogP contribution in [0.4, 0.5) is 10.1 Å². The molecule has 1 saturated heterocycles. The van der Waals surface area contributed by atoms with E-state index in [0.29, 0.717) is 9.75 Å². The fraction of sp³-hybridized carbons (Fsp3) is 0.429. The first-order valence-corrected chi connectivity index (χ1v) is 10.5. The van der Waals surface area contributed by atoms with Crippen LogP contribution in [0.25, 0.3) is 0 Å². The topological polar surface area (TPSA) is 61.9 Å². The molecule has 29 heavy (non-hydrogen) atoms. The average molecular weight is 420 g/mol. The molecule has 8 heteroatoms. The summed E-state index contributed by atoms with van der Waals surface area (Å²) in [4.78, 5) is 29.6. The summed E-state index contributed by atoms with van der Waals surface area (Å²) in [5, 5.41) is 2.93. The predicted molar refractivity (Wildman–Crippen MR) is 112 cm³/mol. The average Bonchev–Trinajstić information content (AvgIpc) is 3.23. The lowest BCUT2D eigenvalue weighted by Gasteiger charge is -2.37. The molecule has 0 saturated carbocycles. The Hall–Kier alpha value is -2.45. The number of likely N-dealkylation sites (N-methyl/N-ethyl adjacent to an activating group) is 1. The number of hydrogen-bond donors (Lipinski definition) is 1. The third-order valence-electron chi connectivity index (χ3n) is 5.18. The Kier molecular flexibility index (Phi) is 6.87. The van der Waals surface area contributed by atoms with Crippen molar-refractivity contribution < 1.29 is 18.7 Å². The molecule has 1 aromatic heterocycles. The number of benzene rings is 1. The molecule has 1 aliphatic heterocycles. The Labute approximate surface area is 174 Å². The molecule has 1 N–H and O–H groups in total. The number of esters is 1. The predicted octanol–water partition coefficient (Wildman–Crippen LogP) is 3.31. The third kappa shape index (κ3) is 4.94. The number of rotatable bonds is 6. The van der Waals surface area contributed by atoms with Crippen molar-refractivity contribution >= 4 is 28.9 Å². The van der Waals surface area contributed by atoms with E-state index in [4.69, 9.17) is 0 Å². The molecule has 6 nitrogen and oxygen atoms in total. The van der Waals surface area contributed by atoms with Crippen LogP contribution in [0.2, 0.25) is 0 Å². The van der Waals surface area contributed by atoms with E-state index < -0.39 is 5.97 Å². The monoisotopic (exact) mass is 419 g/mol. The number of thiophene rings is 1. The van der Waals surface area contributed by atoms with Gasteiger partial charge >= 0.3 is 5.97 Å². The van der Waals surface area contributed by atoms with E-state index >= 15 is 0 Å². The van der Waals surface area contributed by atoms with Gasteiger partial charge in [0.15, 0.2) is 0 Å². The number of carbonyl (C=O) groups is 2. The van der Waals surface area contributed by atoms with Gasteiger partial charge in [-0.3, -0.25) is 4.79 Å². The number of carbonyl (C=O) groups excluding carboxylic acids is 2. The normalized spacial score (nSPS) is 15.8. The van der Waals surface area contributed by atoms with Gasteiger partial charge in [-0.05, 0) is 43.8 Å². The standard InChI is InChI=1S/C21H26FN3O3S/c1-4-24-9-11-25(12-10-24)17-6-5-15(22)13-16(17)14(2)23-20(26)18-7-8-19(29-18)21(27)28-3/h5-8,13-14H,4,9-12H2,1-3H3,(H,23,26). The van der Waals surface area contributed by atoms with Crippen molar-refractivity contribution in [2.24, 2.45) is 0 Å². The Balaban J connectivity index is 1.75. The number of anilines is 1. The van der Waals surface area contributed by atoms with E-state index in [-0.39, 0.29) is 17.8 Å². The van der Waals surface area contributed by atoms with E-state index in [1.807, 2.05) is 6.92 Å². The summed E-state index contributed by atoms with van der Waals surface area (Å²) < 4.78 is 18.7. The second-order valence-corrected chi connectivity index (χ2v) is 8.06. The van der Waals surface area contributed by atoms with Crippen molar-refractivity contribution in [2.45, 2.75) is 19.9 Å². The molecular formula is C21H26FN3O3S. The fourth-order valence-corrected chi connectivity index (χ4v) is 4.31. The lowest BCUT2D eigenvalue weighted by Crippen LogP contribution is -2.46. The molecule has 1 aliphatic rings. The van der Waals surface area contributed by atoms with Crippen LogP contribution in [0.1, 0.15) is 44.8 Å². The Morgan fingerprint density at radius 3 is 2.52 bits per heavy atom. The van der Waals surface area contributed by atoms with Crippen LogP contribution in [0.3, 0.4) is 0 Å². The zero-order valence-corrected chi connectivity index (χ0v) is 17.7. The van der Waals surface area contributed by atoms with Crippen LogP contribution in [0, 0.1) is 5.82 Å². The molecule has 0 bridgehead atoms. The van der Waals surface area contributed by atoms with Gasteiger partial charge in [-0.25, -0.2) is 9.18 Å². The fourth-order valence-electron chi connectivity index (χ4n) is 3.48. The zero-order chi connectivity index (χ0) is 21.0. The summed E-state index contributed by atoms with van der Waals surface area (Å²) in [7, 11) is 1.30. The molecule has 2 aromatic rings. The van der Waals surface area contributed by atoms with Gasteiger partial charge in [-0.1, -0.05) is 6.92 Å². The quantitative estimate of drug-likeness (QED) is 0.728. The minimum atomic E-state index is -0.472. The van der Waals surface area contributed by atoms with Gasteiger partial charge in [0.25, 0.3) is 5.91 Å². The van der Waals surface area contributed by atoms with Crippen LogP contribution < -0.4 is 10.2 Å². The minimum absolute atomic E-state index is 0.302. The molecule has 1 unspecified atom stereocenters. The summed E-state index contributed by atoms with van der Waals surface area (Å²) in [6.45, 7) is 8.64. The van der Waals surface area contributed by atoms with E-state index in [2.05, 4.69) is 26.8 Å². The van der Waals surface area contributed by atoms with Crippen molar-refractivity contribution in [2.75, 3.05) is 44.7 Å². The van der Waals surface area contributed by atoms with Crippen LogP contribution in [-0.4, -0.2) is 56.6 Å². The van der Waals surface area contributed by atoms with Crippen molar-refractivity contribution in [1.82, 2.24) is 10.2 Å². The van der Waals surface area contributed by atoms with Gasteiger partial charge in [-0.15, -0.1) is 11.3 Å². The maximum atomic E-state index is 14.0. The summed E-state index contributed by atoms with van der Waals surface area (Å²) >= 11 is 1.07. The largest absolute Gasteiger partial charge is 0.465 e. The van der Waals surface area contributed by atoms with Crippen molar-refractivity contribution in [1.29, 1.82) is 0 Å². The highest BCUT2D eigenvalue weighted by Gasteiger charge is 2.23. The van der Waals surface area contributed by atoms with Crippen molar-refractivity contribution in [3.05, 3.63) is 51.5 Å². The molecule has 156 valence electrons. The van der Waals surface area contributed by atoms with Gasteiger partial charge < -0.3 is 19.9 Å². The molecular weight excluding hydrogens is 393 g/mol. The van der Waals surface area contributed by atoms with Gasteiger partial charge in [0.2, 0.25) is 0 Å². The van der Waals surface area contributed by atoms with Crippen LogP contribution in [-0.2, 0) is 4.74 Å². The van der Waals surface area contributed by atoms with E-state index in [1.165, 1.54) is 19.2 Å². The number of nitrogens with zero attached hydrogens (tertiary/aromatic N) is 2. The summed E-state index contributed by atoms with van der Waals surface area (Å²) in [5.41, 5.74) is 1.68. The van der Waals surface area contributed by atoms with E-state index in [0.717, 1.165) is 55.3 Å². The summed E-state index contributed by atoms with van der Waals surface area (Å²) in [6, 6.07) is 7.50. The van der Waals surface area contributed by atoms with E-state index in [9.17, 15) is 14.0 Å².